The highest BCUT2D eigenvalue weighted by Crippen LogP contribution is 2.23. The van der Waals surface area contributed by atoms with Crippen LogP contribution in [0.4, 0.5) is 0 Å². The molecule has 0 radical (unpaired) electrons. The van der Waals surface area contributed by atoms with Gasteiger partial charge in [0.15, 0.2) is 0 Å². The molecule has 0 unspecified atom stereocenters. The van der Waals surface area contributed by atoms with Gasteiger partial charge in [0.2, 0.25) is 5.82 Å². The van der Waals surface area contributed by atoms with Gasteiger partial charge in [-0.1, -0.05) is 17.7 Å². The molecule has 0 aliphatic heterocycles. The minimum absolute atomic E-state index is 0.553. The lowest BCUT2D eigenvalue weighted by Gasteiger charge is -2.03. The molecule has 2 aromatic heterocycles. The van der Waals surface area contributed by atoms with Crippen LogP contribution in [0.5, 0.6) is 0 Å². The number of tetrazole rings is 1. The number of hydrogen-bond acceptors (Lipinski definition) is 4. The van der Waals surface area contributed by atoms with Gasteiger partial charge < -0.3 is 0 Å². The van der Waals surface area contributed by atoms with E-state index in [-0.39, 0.29) is 0 Å². The average molecular weight is 352 g/mol. The molecule has 1 aromatic carbocycles. The van der Waals surface area contributed by atoms with Crippen LogP contribution < -0.4 is 0 Å². The van der Waals surface area contributed by atoms with Gasteiger partial charge in [-0.3, -0.25) is 0 Å². The maximum atomic E-state index is 4.36. The van der Waals surface area contributed by atoms with Crippen LogP contribution in [0.3, 0.4) is 0 Å². The highest BCUT2D eigenvalue weighted by Gasteiger charge is 2.14. The zero-order valence-corrected chi connectivity index (χ0v) is 11.7. The molecule has 0 aliphatic carbocycles. The van der Waals surface area contributed by atoms with E-state index >= 15 is 0 Å². The van der Waals surface area contributed by atoms with Gasteiger partial charge >= 0.3 is 0 Å². The summed E-state index contributed by atoms with van der Waals surface area (Å²) in [6.07, 6.45) is 1.74. The Hall–Kier alpha value is -1.77. The van der Waals surface area contributed by atoms with E-state index < -0.39 is 0 Å². The second kappa shape index (κ2) is 4.48. The smallest absolute Gasteiger partial charge is 0.208 e. The zero-order valence-electron chi connectivity index (χ0n) is 9.50. The van der Waals surface area contributed by atoms with Gasteiger partial charge in [0.05, 0.1) is 17.4 Å². The fourth-order valence-corrected chi connectivity index (χ4v) is 2.41. The lowest BCUT2D eigenvalue weighted by molar-refractivity contribution is 0.858. The van der Waals surface area contributed by atoms with Crippen molar-refractivity contribution in [2.24, 2.45) is 0 Å². The molecule has 0 saturated carbocycles. The van der Waals surface area contributed by atoms with E-state index in [0.717, 1.165) is 15.0 Å². The normalized spacial score (nSPS) is 10.8. The van der Waals surface area contributed by atoms with E-state index in [2.05, 4.69) is 67.4 Å². The number of nitrogens with zero attached hydrogens (tertiary/aromatic N) is 5. The highest BCUT2D eigenvalue weighted by molar-refractivity contribution is 14.1. The Morgan fingerprint density at radius 3 is 2.67 bits per heavy atom. The van der Waals surface area contributed by atoms with Crippen LogP contribution >= 0.6 is 22.6 Å². The van der Waals surface area contributed by atoms with E-state index in [1.54, 1.807) is 6.20 Å². The number of aromatic nitrogens is 6. The van der Waals surface area contributed by atoms with E-state index in [0.29, 0.717) is 5.82 Å². The lowest BCUT2D eigenvalue weighted by atomic mass is 10.2. The van der Waals surface area contributed by atoms with Crippen LogP contribution in [0.25, 0.3) is 17.1 Å². The number of hydrogen-bond donors (Lipinski definition) is 1. The summed E-state index contributed by atoms with van der Waals surface area (Å²) in [6, 6.07) is 8.18. The Balaban J connectivity index is 2.07. The Kier molecular flexibility index (Phi) is 2.82. The van der Waals surface area contributed by atoms with Gasteiger partial charge in [0, 0.05) is 0 Å². The summed E-state index contributed by atoms with van der Waals surface area (Å²) in [5, 5.41) is 18.3. The SMILES string of the molecule is Cc1ccc(-n2ncc(-c3nn[nH]n3)c2I)cc1. The largest absolute Gasteiger partial charge is 0.227 e. The molecule has 3 aromatic rings. The molecular weight excluding hydrogens is 343 g/mol. The summed E-state index contributed by atoms with van der Waals surface area (Å²) in [4.78, 5) is 0. The summed E-state index contributed by atoms with van der Waals surface area (Å²) in [7, 11) is 0. The first-order valence-corrected chi connectivity index (χ1v) is 6.38. The number of aromatic amines is 1. The first-order chi connectivity index (χ1) is 8.75. The number of H-pyrrole nitrogens is 1. The lowest BCUT2D eigenvalue weighted by Crippen LogP contribution is -1.98. The molecule has 1 N–H and O–H groups in total. The highest BCUT2D eigenvalue weighted by atomic mass is 127. The molecule has 0 amide bonds. The van der Waals surface area contributed by atoms with Crippen molar-refractivity contribution in [1.82, 2.24) is 30.4 Å². The third-order valence-electron chi connectivity index (χ3n) is 2.58. The summed E-state index contributed by atoms with van der Waals surface area (Å²) >= 11 is 2.23. The van der Waals surface area contributed by atoms with Crippen LogP contribution in [0.15, 0.2) is 30.5 Å². The minimum atomic E-state index is 0.553. The van der Waals surface area contributed by atoms with Crippen LogP contribution in [-0.4, -0.2) is 30.4 Å². The van der Waals surface area contributed by atoms with Crippen molar-refractivity contribution in [1.29, 1.82) is 0 Å². The molecule has 90 valence electrons. The maximum absolute atomic E-state index is 4.36. The van der Waals surface area contributed by atoms with Crippen molar-refractivity contribution in [2.45, 2.75) is 6.92 Å². The molecule has 6 nitrogen and oxygen atoms in total. The van der Waals surface area contributed by atoms with Crippen LogP contribution in [0.1, 0.15) is 5.56 Å². The molecule has 0 bridgehead atoms. The van der Waals surface area contributed by atoms with Crippen molar-refractivity contribution in [3.05, 3.63) is 39.7 Å². The van der Waals surface area contributed by atoms with E-state index in [4.69, 9.17) is 0 Å². The van der Waals surface area contributed by atoms with Gasteiger partial charge in [-0.2, -0.15) is 10.3 Å². The monoisotopic (exact) mass is 352 g/mol. The number of rotatable bonds is 2. The molecule has 0 saturated heterocycles. The van der Waals surface area contributed by atoms with Gasteiger partial charge in [-0.25, -0.2) is 4.68 Å². The Labute approximate surface area is 117 Å². The molecule has 3 rings (SSSR count). The van der Waals surface area contributed by atoms with E-state index in [1.807, 2.05) is 16.8 Å². The number of halogens is 1. The zero-order chi connectivity index (χ0) is 12.5. The first kappa shape index (κ1) is 11.3. The summed E-state index contributed by atoms with van der Waals surface area (Å²) in [5.41, 5.74) is 3.10. The summed E-state index contributed by atoms with van der Waals surface area (Å²) < 4.78 is 2.81. The van der Waals surface area contributed by atoms with Gasteiger partial charge in [0.25, 0.3) is 0 Å². The second-order valence-corrected chi connectivity index (χ2v) is 4.85. The number of benzene rings is 1. The maximum Gasteiger partial charge on any atom is 0.208 e. The third-order valence-corrected chi connectivity index (χ3v) is 3.61. The molecule has 2 heterocycles. The number of aryl methyl sites for hydroxylation is 1. The van der Waals surface area contributed by atoms with E-state index in [1.165, 1.54) is 5.56 Å². The Morgan fingerprint density at radius 1 is 1.22 bits per heavy atom. The first-order valence-electron chi connectivity index (χ1n) is 5.30. The fourth-order valence-electron chi connectivity index (χ4n) is 1.63. The van der Waals surface area contributed by atoms with Crippen molar-refractivity contribution in [3.8, 4) is 17.1 Å². The molecule has 0 fully saturated rings. The second-order valence-electron chi connectivity index (χ2n) is 3.83. The van der Waals surface area contributed by atoms with Crippen LogP contribution in [0.2, 0.25) is 0 Å². The average Bonchev–Trinajstić information content (AvgIpc) is 2.99. The molecular formula is C11H9IN6. The van der Waals surface area contributed by atoms with Gasteiger partial charge in [-0.15, -0.1) is 10.2 Å². The number of nitrogens with one attached hydrogen (secondary N) is 1. The predicted octanol–water partition coefficient (Wildman–Crippen LogP) is 1.97. The minimum Gasteiger partial charge on any atom is -0.227 e. The summed E-state index contributed by atoms with van der Waals surface area (Å²) in [5.74, 6) is 0.553. The van der Waals surface area contributed by atoms with Crippen molar-refractivity contribution in [2.75, 3.05) is 0 Å². The standard InChI is InChI=1S/C11H9IN6/c1-7-2-4-8(5-3-7)18-10(12)9(6-13-18)11-14-16-17-15-11/h2-6H,1H3,(H,14,15,16,17). The predicted molar refractivity (Wildman–Crippen MR) is 74.2 cm³/mol. The third kappa shape index (κ3) is 1.90. The van der Waals surface area contributed by atoms with Gasteiger partial charge in [0.1, 0.15) is 3.70 Å². The quantitative estimate of drug-likeness (QED) is 0.716. The molecule has 7 heteroatoms. The van der Waals surface area contributed by atoms with Gasteiger partial charge in [-0.05, 0) is 46.9 Å². The molecule has 18 heavy (non-hydrogen) atoms. The molecule has 0 spiro atoms. The van der Waals surface area contributed by atoms with Crippen molar-refractivity contribution in [3.63, 3.8) is 0 Å². The van der Waals surface area contributed by atoms with Crippen molar-refractivity contribution >= 4 is 22.6 Å². The Bertz CT molecular complexity index is 655. The van der Waals surface area contributed by atoms with Crippen LogP contribution in [-0.2, 0) is 0 Å². The summed E-state index contributed by atoms with van der Waals surface area (Å²) in [6.45, 7) is 2.06. The Morgan fingerprint density at radius 2 is 2.00 bits per heavy atom. The van der Waals surface area contributed by atoms with E-state index in [9.17, 15) is 0 Å². The molecule has 0 atom stereocenters. The topological polar surface area (TPSA) is 72.3 Å². The fraction of sp³-hybridized carbons (Fsp3) is 0.0909. The van der Waals surface area contributed by atoms with Crippen LogP contribution in [0, 0.1) is 10.6 Å². The molecule has 0 aliphatic rings. The van der Waals surface area contributed by atoms with Crippen molar-refractivity contribution < 1.29 is 0 Å².